The van der Waals surface area contributed by atoms with Crippen molar-refractivity contribution in [1.82, 2.24) is 10.2 Å². The van der Waals surface area contributed by atoms with Crippen LogP contribution in [0, 0.1) is 0 Å². The second-order valence-corrected chi connectivity index (χ2v) is 6.65. The summed E-state index contributed by atoms with van der Waals surface area (Å²) in [6.07, 6.45) is -4.47. The van der Waals surface area contributed by atoms with Gasteiger partial charge in [0.1, 0.15) is 0 Å². The maximum Gasteiger partial charge on any atom is 0.416 e. The second kappa shape index (κ2) is 7.15. The van der Waals surface area contributed by atoms with Gasteiger partial charge < -0.3 is 10.2 Å². The molecule has 1 aliphatic rings. The zero-order valence-electron chi connectivity index (χ0n) is 14.7. The molecule has 1 atom stereocenters. The lowest BCUT2D eigenvalue weighted by atomic mass is 9.88. The van der Waals surface area contributed by atoms with Gasteiger partial charge in [0.05, 0.1) is 11.6 Å². The van der Waals surface area contributed by atoms with E-state index in [0.717, 1.165) is 12.1 Å². The summed E-state index contributed by atoms with van der Waals surface area (Å²) in [7, 11) is 1.71. The van der Waals surface area contributed by atoms with E-state index >= 15 is 0 Å². The van der Waals surface area contributed by atoms with Crippen LogP contribution in [0.3, 0.4) is 0 Å². The van der Waals surface area contributed by atoms with Crippen LogP contribution in [-0.2, 0) is 6.18 Å². The van der Waals surface area contributed by atoms with Crippen molar-refractivity contribution in [3.05, 3.63) is 82.6 Å². The van der Waals surface area contributed by atoms with Crippen LogP contribution in [0.25, 0.3) is 0 Å². The summed E-state index contributed by atoms with van der Waals surface area (Å²) in [4.78, 5) is 14.8. The number of Topliss-reactive ketones (excluding diaryl/α,β-unsaturated/α-hetero) is 1. The number of hydrogen-bond donors (Lipinski definition) is 1. The van der Waals surface area contributed by atoms with E-state index in [2.05, 4.69) is 5.32 Å². The standard InChI is InChI=1S/C20H17F3N2OS/c1-12-16(18(26)13-7-4-3-5-8-13)17(24-19(27)25(12)2)14-9-6-10-15(11-14)20(21,22)23/h3-11,17H,1-2H3,(H,24,27). The Hall–Kier alpha value is -2.67. The zero-order chi connectivity index (χ0) is 19.8. The molecule has 1 aliphatic heterocycles. The first kappa shape index (κ1) is 19.1. The molecule has 0 radical (unpaired) electrons. The molecule has 2 aromatic carbocycles. The van der Waals surface area contributed by atoms with Crippen molar-refractivity contribution in [2.75, 3.05) is 7.05 Å². The maximum absolute atomic E-state index is 13.1. The van der Waals surface area contributed by atoms with Crippen molar-refractivity contribution in [1.29, 1.82) is 0 Å². The molecule has 0 spiro atoms. The quantitative estimate of drug-likeness (QED) is 0.607. The molecule has 1 unspecified atom stereocenters. The highest BCUT2D eigenvalue weighted by Crippen LogP contribution is 2.35. The smallest absolute Gasteiger partial charge is 0.351 e. The summed E-state index contributed by atoms with van der Waals surface area (Å²) in [5, 5.41) is 3.35. The van der Waals surface area contributed by atoms with E-state index in [-0.39, 0.29) is 5.78 Å². The van der Waals surface area contributed by atoms with Gasteiger partial charge in [-0.2, -0.15) is 13.2 Å². The van der Waals surface area contributed by atoms with Gasteiger partial charge in [0.2, 0.25) is 0 Å². The molecule has 0 aliphatic carbocycles. The molecule has 0 saturated carbocycles. The number of allylic oxidation sites excluding steroid dienone is 1. The number of alkyl halides is 3. The van der Waals surface area contributed by atoms with Crippen LogP contribution in [0.2, 0.25) is 0 Å². The number of halogens is 3. The van der Waals surface area contributed by atoms with Gasteiger partial charge in [-0.05, 0) is 36.8 Å². The van der Waals surface area contributed by atoms with E-state index in [1.165, 1.54) is 6.07 Å². The number of benzene rings is 2. The Balaban J connectivity index is 2.13. The zero-order valence-corrected chi connectivity index (χ0v) is 15.5. The molecule has 0 bridgehead atoms. The van der Waals surface area contributed by atoms with Gasteiger partial charge in [-0.3, -0.25) is 4.79 Å². The Morgan fingerprint density at radius 3 is 2.41 bits per heavy atom. The van der Waals surface area contributed by atoms with Gasteiger partial charge in [-0.15, -0.1) is 0 Å². The van der Waals surface area contributed by atoms with Crippen molar-refractivity contribution in [2.45, 2.75) is 19.1 Å². The first-order valence-electron chi connectivity index (χ1n) is 8.22. The third kappa shape index (κ3) is 3.73. The molecule has 27 heavy (non-hydrogen) atoms. The fraction of sp³-hybridized carbons (Fsp3) is 0.200. The van der Waals surface area contributed by atoms with E-state index in [9.17, 15) is 18.0 Å². The third-order valence-corrected chi connectivity index (χ3v) is 4.97. The summed E-state index contributed by atoms with van der Waals surface area (Å²) < 4.78 is 39.4. The molecular formula is C20H17F3N2OS. The van der Waals surface area contributed by atoms with Crippen LogP contribution >= 0.6 is 12.2 Å². The summed E-state index contributed by atoms with van der Waals surface area (Å²) in [6.45, 7) is 1.74. The van der Waals surface area contributed by atoms with Gasteiger partial charge in [0.25, 0.3) is 0 Å². The first-order valence-corrected chi connectivity index (χ1v) is 8.63. The third-order valence-electron chi connectivity index (χ3n) is 4.58. The molecule has 3 rings (SSSR count). The lowest BCUT2D eigenvalue weighted by Crippen LogP contribution is -2.45. The van der Waals surface area contributed by atoms with E-state index in [4.69, 9.17) is 12.2 Å². The van der Waals surface area contributed by atoms with Crippen LogP contribution in [0.5, 0.6) is 0 Å². The van der Waals surface area contributed by atoms with E-state index < -0.39 is 17.8 Å². The molecular weight excluding hydrogens is 373 g/mol. The maximum atomic E-state index is 13.1. The monoisotopic (exact) mass is 390 g/mol. The molecule has 7 heteroatoms. The first-order chi connectivity index (χ1) is 12.7. The van der Waals surface area contributed by atoms with Crippen molar-refractivity contribution in [3.63, 3.8) is 0 Å². The van der Waals surface area contributed by atoms with Crippen molar-refractivity contribution < 1.29 is 18.0 Å². The number of carbonyl (C=O) groups excluding carboxylic acids is 1. The van der Waals surface area contributed by atoms with Crippen LogP contribution in [0.15, 0.2) is 65.9 Å². The predicted octanol–water partition coefficient (Wildman–Crippen LogP) is 4.72. The van der Waals surface area contributed by atoms with Gasteiger partial charge in [-0.1, -0.05) is 42.5 Å². The molecule has 0 aromatic heterocycles. The summed E-state index contributed by atoms with van der Waals surface area (Å²) in [5.41, 5.74) is 1.01. The largest absolute Gasteiger partial charge is 0.416 e. The predicted molar refractivity (Wildman–Crippen MR) is 101 cm³/mol. The highest BCUT2D eigenvalue weighted by Gasteiger charge is 2.35. The Bertz CT molecular complexity index is 922. The molecule has 0 saturated heterocycles. The highest BCUT2D eigenvalue weighted by molar-refractivity contribution is 7.80. The van der Waals surface area contributed by atoms with Crippen LogP contribution in [0.4, 0.5) is 13.2 Å². The number of thiocarbonyl (C=S) groups is 1. The van der Waals surface area contributed by atoms with Crippen molar-refractivity contribution in [2.24, 2.45) is 0 Å². The Morgan fingerprint density at radius 2 is 1.78 bits per heavy atom. The van der Waals surface area contributed by atoms with Crippen LogP contribution < -0.4 is 5.32 Å². The Labute approximate surface area is 160 Å². The second-order valence-electron chi connectivity index (χ2n) is 6.26. The van der Waals surface area contributed by atoms with Gasteiger partial charge >= 0.3 is 6.18 Å². The van der Waals surface area contributed by atoms with Gasteiger partial charge in [0, 0.05) is 23.9 Å². The average Bonchev–Trinajstić information content (AvgIpc) is 2.65. The number of rotatable bonds is 3. The molecule has 1 heterocycles. The Morgan fingerprint density at radius 1 is 1.11 bits per heavy atom. The summed E-state index contributed by atoms with van der Waals surface area (Å²) in [5.74, 6) is -0.252. The number of ketones is 1. The van der Waals surface area contributed by atoms with E-state index in [1.54, 1.807) is 55.3 Å². The fourth-order valence-corrected chi connectivity index (χ4v) is 3.27. The number of hydrogen-bond acceptors (Lipinski definition) is 2. The lowest BCUT2D eigenvalue weighted by molar-refractivity contribution is -0.137. The summed E-state index contributed by atoms with van der Waals surface area (Å²) in [6, 6.07) is 12.8. The minimum atomic E-state index is -4.47. The van der Waals surface area contributed by atoms with Gasteiger partial charge in [0.15, 0.2) is 10.9 Å². The minimum absolute atomic E-state index is 0.252. The molecule has 2 aromatic rings. The van der Waals surface area contributed by atoms with Gasteiger partial charge in [-0.25, -0.2) is 0 Å². The van der Waals surface area contributed by atoms with Crippen LogP contribution in [-0.4, -0.2) is 22.8 Å². The van der Waals surface area contributed by atoms with Crippen molar-refractivity contribution >= 4 is 23.1 Å². The minimum Gasteiger partial charge on any atom is -0.351 e. The molecule has 3 nitrogen and oxygen atoms in total. The Kier molecular flexibility index (Phi) is 5.06. The highest BCUT2D eigenvalue weighted by atomic mass is 32.1. The fourth-order valence-electron chi connectivity index (χ4n) is 3.02. The molecule has 1 N–H and O–H groups in total. The van der Waals surface area contributed by atoms with E-state index in [0.29, 0.717) is 27.5 Å². The SMILES string of the molecule is CC1=C(C(=O)c2ccccc2)C(c2cccc(C(F)(F)F)c2)NC(=S)N1C. The normalized spacial score (nSPS) is 17.7. The average molecular weight is 390 g/mol. The van der Waals surface area contributed by atoms with Crippen molar-refractivity contribution in [3.8, 4) is 0 Å². The molecule has 0 amide bonds. The van der Waals surface area contributed by atoms with Crippen LogP contribution in [0.1, 0.15) is 34.5 Å². The lowest BCUT2D eigenvalue weighted by Gasteiger charge is -2.36. The van der Waals surface area contributed by atoms with E-state index in [1.807, 2.05) is 0 Å². The molecule has 0 fully saturated rings. The number of nitrogens with zero attached hydrogens (tertiary/aromatic N) is 1. The number of nitrogens with one attached hydrogen (secondary N) is 1. The summed E-state index contributed by atoms with van der Waals surface area (Å²) >= 11 is 5.29. The number of carbonyl (C=O) groups is 1. The molecule has 140 valence electrons. The topological polar surface area (TPSA) is 32.3 Å².